The summed E-state index contributed by atoms with van der Waals surface area (Å²) in [7, 11) is 1.81. The first-order chi connectivity index (χ1) is 11.5. The van der Waals surface area contributed by atoms with Gasteiger partial charge in [0.25, 0.3) is 0 Å². The van der Waals surface area contributed by atoms with Crippen LogP contribution >= 0.6 is 11.5 Å². The van der Waals surface area contributed by atoms with E-state index in [0.29, 0.717) is 26.2 Å². The average Bonchev–Trinajstić information content (AvgIpc) is 2.84. The van der Waals surface area contributed by atoms with E-state index < -0.39 is 0 Å². The van der Waals surface area contributed by atoms with Gasteiger partial charge in [-0.15, -0.1) is 0 Å². The lowest BCUT2D eigenvalue weighted by atomic mass is 10.3. The molecule has 2 amide bonds. The molecule has 24 heavy (non-hydrogen) atoms. The summed E-state index contributed by atoms with van der Waals surface area (Å²) in [5, 5.41) is 0.937. The van der Waals surface area contributed by atoms with Crippen molar-refractivity contribution in [3.8, 4) is 0 Å². The fourth-order valence-corrected chi connectivity index (χ4v) is 3.73. The quantitative estimate of drug-likeness (QED) is 0.741. The van der Waals surface area contributed by atoms with Crippen LogP contribution in [0.25, 0.3) is 0 Å². The molecule has 0 aliphatic carbocycles. The van der Waals surface area contributed by atoms with Crippen LogP contribution in [0.15, 0.2) is 0 Å². The number of carbonyl (C=O) groups is 2. The van der Waals surface area contributed by atoms with Crippen LogP contribution in [0.5, 0.6) is 0 Å². The zero-order valence-electron chi connectivity index (χ0n) is 14.3. The third-order valence-electron chi connectivity index (χ3n) is 4.53. The van der Waals surface area contributed by atoms with Gasteiger partial charge >= 0.3 is 0 Å². The van der Waals surface area contributed by atoms with E-state index in [2.05, 4.69) is 14.3 Å². The van der Waals surface area contributed by atoms with E-state index in [1.165, 1.54) is 11.5 Å². The van der Waals surface area contributed by atoms with Gasteiger partial charge in [0.15, 0.2) is 0 Å². The molecule has 0 atom stereocenters. The Labute approximate surface area is 146 Å². The van der Waals surface area contributed by atoms with Crippen LogP contribution in [0.3, 0.4) is 0 Å². The number of hydrogen-bond acceptors (Lipinski definition) is 7. The molecular formula is C15H24N6O2S. The van der Waals surface area contributed by atoms with Crippen LogP contribution in [0.2, 0.25) is 0 Å². The number of likely N-dealkylation sites (N-methyl/N-ethyl adjacent to an activating group) is 1. The van der Waals surface area contributed by atoms with Gasteiger partial charge in [0.05, 0.1) is 13.1 Å². The molecule has 1 aromatic rings. The summed E-state index contributed by atoms with van der Waals surface area (Å²) in [6.07, 6.45) is 0.923. The molecule has 0 aromatic carbocycles. The largest absolute Gasteiger partial charge is 0.345 e. The van der Waals surface area contributed by atoms with Crippen LogP contribution in [-0.2, 0) is 9.59 Å². The molecule has 0 unspecified atom stereocenters. The van der Waals surface area contributed by atoms with Crippen LogP contribution < -0.4 is 4.90 Å². The standard InChI is InChI=1S/C15H24N6O2S/c1-12-16-15(24-17-12)21-5-3-4-20(8-9-21)14(23)11-19-7-6-18(2)13(22)10-19/h3-11H2,1-2H3. The Morgan fingerprint density at radius 2 is 2.00 bits per heavy atom. The maximum atomic E-state index is 12.6. The average molecular weight is 352 g/mol. The highest BCUT2D eigenvalue weighted by Crippen LogP contribution is 2.18. The number of aryl methyl sites for hydroxylation is 1. The minimum absolute atomic E-state index is 0.0859. The van der Waals surface area contributed by atoms with E-state index in [0.717, 1.165) is 43.6 Å². The van der Waals surface area contributed by atoms with Crippen molar-refractivity contribution >= 4 is 28.5 Å². The summed E-state index contributed by atoms with van der Waals surface area (Å²) in [5.41, 5.74) is 0. The van der Waals surface area contributed by atoms with Gasteiger partial charge < -0.3 is 14.7 Å². The van der Waals surface area contributed by atoms with E-state index in [9.17, 15) is 9.59 Å². The molecule has 1 aromatic heterocycles. The highest BCUT2D eigenvalue weighted by molar-refractivity contribution is 7.09. The van der Waals surface area contributed by atoms with Gasteiger partial charge in [-0.2, -0.15) is 4.37 Å². The summed E-state index contributed by atoms with van der Waals surface area (Å²) in [5.74, 6) is 0.997. The smallest absolute Gasteiger partial charge is 0.236 e. The van der Waals surface area contributed by atoms with Crippen molar-refractivity contribution in [1.29, 1.82) is 0 Å². The van der Waals surface area contributed by atoms with Crippen molar-refractivity contribution in [1.82, 2.24) is 24.1 Å². The zero-order chi connectivity index (χ0) is 17.1. The van der Waals surface area contributed by atoms with Gasteiger partial charge in [0.2, 0.25) is 16.9 Å². The molecule has 2 aliphatic heterocycles. The van der Waals surface area contributed by atoms with Gasteiger partial charge in [-0.25, -0.2) is 4.98 Å². The first kappa shape index (κ1) is 17.1. The second-order valence-corrected chi connectivity index (χ2v) is 7.10. The third kappa shape index (κ3) is 4.02. The van der Waals surface area contributed by atoms with Crippen molar-refractivity contribution in [3.05, 3.63) is 5.82 Å². The maximum Gasteiger partial charge on any atom is 0.236 e. The molecule has 132 valence electrons. The van der Waals surface area contributed by atoms with Crippen LogP contribution in [0, 0.1) is 6.92 Å². The van der Waals surface area contributed by atoms with Gasteiger partial charge in [-0.3, -0.25) is 14.5 Å². The number of amides is 2. The first-order valence-corrected chi connectivity index (χ1v) is 9.09. The molecule has 0 N–H and O–H groups in total. The fraction of sp³-hybridized carbons (Fsp3) is 0.733. The minimum atomic E-state index is 0.0859. The molecule has 8 nitrogen and oxygen atoms in total. The monoisotopic (exact) mass is 352 g/mol. The number of rotatable bonds is 3. The summed E-state index contributed by atoms with van der Waals surface area (Å²) < 4.78 is 4.23. The van der Waals surface area contributed by atoms with E-state index in [1.54, 1.807) is 11.9 Å². The molecule has 0 spiro atoms. The molecule has 3 rings (SSSR count). The molecule has 2 saturated heterocycles. The Morgan fingerprint density at radius 1 is 1.17 bits per heavy atom. The van der Waals surface area contributed by atoms with Gasteiger partial charge in [0, 0.05) is 57.8 Å². The summed E-state index contributed by atoms with van der Waals surface area (Å²) in [6.45, 7) is 7.14. The van der Waals surface area contributed by atoms with Gasteiger partial charge in [0.1, 0.15) is 5.82 Å². The molecule has 0 bridgehead atoms. The van der Waals surface area contributed by atoms with Crippen molar-refractivity contribution in [2.75, 3.05) is 64.3 Å². The lowest BCUT2D eigenvalue weighted by molar-refractivity contribution is -0.138. The normalized spacial score (nSPS) is 20.4. The number of anilines is 1. The Hall–Kier alpha value is -1.74. The number of aromatic nitrogens is 2. The number of carbonyl (C=O) groups excluding carboxylic acids is 2. The Balaban J connectivity index is 1.52. The highest BCUT2D eigenvalue weighted by atomic mass is 32.1. The second-order valence-electron chi connectivity index (χ2n) is 6.37. The van der Waals surface area contributed by atoms with Crippen molar-refractivity contribution in [3.63, 3.8) is 0 Å². The molecule has 0 radical (unpaired) electrons. The van der Waals surface area contributed by atoms with Crippen LogP contribution in [-0.4, -0.2) is 95.3 Å². The van der Waals surface area contributed by atoms with Crippen molar-refractivity contribution < 1.29 is 9.59 Å². The number of nitrogens with zero attached hydrogens (tertiary/aromatic N) is 6. The first-order valence-electron chi connectivity index (χ1n) is 8.32. The van der Waals surface area contributed by atoms with Gasteiger partial charge in [-0.1, -0.05) is 0 Å². The zero-order valence-corrected chi connectivity index (χ0v) is 15.1. The Morgan fingerprint density at radius 3 is 2.71 bits per heavy atom. The number of hydrogen-bond donors (Lipinski definition) is 0. The Kier molecular flexibility index (Phi) is 5.30. The minimum Gasteiger partial charge on any atom is -0.345 e. The van der Waals surface area contributed by atoms with E-state index >= 15 is 0 Å². The van der Waals surface area contributed by atoms with Crippen molar-refractivity contribution in [2.24, 2.45) is 0 Å². The van der Waals surface area contributed by atoms with Gasteiger partial charge in [-0.05, 0) is 13.3 Å². The molecule has 0 saturated carbocycles. The summed E-state index contributed by atoms with van der Waals surface area (Å²) in [6, 6.07) is 0. The van der Waals surface area contributed by atoms with Crippen LogP contribution in [0.4, 0.5) is 5.13 Å². The number of piperazine rings is 1. The summed E-state index contributed by atoms with van der Waals surface area (Å²) >= 11 is 1.41. The summed E-state index contributed by atoms with van der Waals surface area (Å²) in [4.78, 5) is 36.5. The lowest BCUT2D eigenvalue weighted by Crippen LogP contribution is -2.52. The predicted octanol–water partition coefficient (Wildman–Crippen LogP) is -0.341. The third-order valence-corrected chi connectivity index (χ3v) is 5.40. The SMILES string of the molecule is Cc1nsc(N2CCCN(C(=O)CN3CCN(C)C(=O)C3)CC2)n1. The second kappa shape index (κ2) is 7.43. The molecule has 2 aliphatic rings. The Bertz CT molecular complexity index is 607. The predicted molar refractivity (Wildman–Crippen MR) is 92.1 cm³/mol. The highest BCUT2D eigenvalue weighted by Gasteiger charge is 2.26. The van der Waals surface area contributed by atoms with E-state index in [1.807, 2.05) is 16.7 Å². The van der Waals surface area contributed by atoms with E-state index in [-0.39, 0.29) is 11.8 Å². The van der Waals surface area contributed by atoms with E-state index in [4.69, 9.17) is 0 Å². The fourth-order valence-electron chi connectivity index (χ4n) is 3.01. The molecular weight excluding hydrogens is 328 g/mol. The molecule has 2 fully saturated rings. The maximum absolute atomic E-state index is 12.6. The molecule has 9 heteroatoms. The topological polar surface area (TPSA) is 72.9 Å². The lowest BCUT2D eigenvalue weighted by Gasteiger charge is -2.32. The molecule has 3 heterocycles. The van der Waals surface area contributed by atoms with Crippen LogP contribution in [0.1, 0.15) is 12.2 Å². The van der Waals surface area contributed by atoms with Crippen molar-refractivity contribution in [2.45, 2.75) is 13.3 Å².